The molecule has 1 N–H and O–H groups in total. The number of halogens is 1. The molecule has 0 spiro atoms. The molecule has 0 aliphatic rings. The number of aryl methyl sites for hydroxylation is 1. The Balaban J connectivity index is 2.00. The van der Waals surface area contributed by atoms with E-state index >= 15 is 0 Å². The number of amides is 1. The number of anilines is 1. The SMILES string of the molecule is COc1ccc(C)cc1NC(=O)COC(=O)c1ccc([N+](=O)[O-])cc1Cl. The molecule has 0 fully saturated rings. The zero-order valence-electron chi connectivity index (χ0n) is 13.9. The summed E-state index contributed by atoms with van der Waals surface area (Å²) in [5.74, 6) is -0.967. The smallest absolute Gasteiger partial charge is 0.340 e. The molecule has 0 atom stereocenters. The number of hydrogen-bond donors (Lipinski definition) is 1. The molecule has 2 rings (SSSR count). The van der Waals surface area contributed by atoms with Crippen LogP contribution in [0.2, 0.25) is 5.02 Å². The van der Waals surface area contributed by atoms with Crippen LogP contribution in [-0.2, 0) is 9.53 Å². The fraction of sp³-hybridized carbons (Fsp3) is 0.176. The van der Waals surface area contributed by atoms with Crippen LogP contribution in [0.4, 0.5) is 11.4 Å². The lowest BCUT2D eigenvalue weighted by Crippen LogP contribution is -2.21. The third-order valence-corrected chi connectivity index (χ3v) is 3.66. The molecule has 0 unspecified atom stereocenters. The second-order valence-electron chi connectivity index (χ2n) is 5.25. The van der Waals surface area contributed by atoms with Gasteiger partial charge in [-0.2, -0.15) is 0 Å². The van der Waals surface area contributed by atoms with Gasteiger partial charge in [0, 0.05) is 12.1 Å². The van der Waals surface area contributed by atoms with Gasteiger partial charge in [0.15, 0.2) is 6.61 Å². The minimum atomic E-state index is -0.865. The summed E-state index contributed by atoms with van der Waals surface area (Å²) < 4.78 is 10.0. The lowest BCUT2D eigenvalue weighted by atomic mass is 10.2. The maximum absolute atomic E-state index is 12.0. The molecule has 0 bridgehead atoms. The van der Waals surface area contributed by atoms with E-state index in [1.165, 1.54) is 13.2 Å². The molecule has 0 aliphatic carbocycles. The van der Waals surface area contributed by atoms with E-state index in [4.69, 9.17) is 21.1 Å². The monoisotopic (exact) mass is 378 g/mol. The van der Waals surface area contributed by atoms with E-state index in [2.05, 4.69) is 5.32 Å². The standard InChI is InChI=1S/C17H15ClN2O6/c1-10-3-6-15(25-2)14(7-10)19-16(21)9-26-17(22)12-5-4-11(20(23)24)8-13(12)18/h3-8H,9H2,1-2H3,(H,19,21). The summed E-state index contributed by atoms with van der Waals surface area (Å²) in [7, 11) is 1.47. The van der Waals surface area contributed by atoms with Gasteiger partial charge in [0.05, 0.1) is 28.3 Å². The van der Waals surface area contributed by atoms with Crippen molar-refractivity contribution in [1.82, 2.24) is 0 Å². The normalized spacial score (nSPS) is 10.1. The first-order valence-corrected chi connectivity index (χ1v) is 7.75. The Labute approximate surface area is 153 Å². The van der Waals surface area contributed by atoms with Crippen LogP contribution in [0, 0.1) is 17.0 Å². The fourth-order valence-corrected chi connectivity index (χ4v) is 2.35. The third kappa shape index (κ3) is 4.70. The number of ether oxygens (including phenoxy) is 2. The van der Waals surface area contributed by atoms with E-state index in [9.17, 15) is 19.7 Å². The van der Waals surface area contributed by atoms with Crippen molar-refractivity contribution in [3.8, 4) is 5.75 Å². The van der Waals surface area contributed by atoms with Gasteiger partial charge in [-0.1, -0.05) is 17.7 Å². The van der Waals surface area contributed by atoms with Gasteiger partial charge in [-0.3, -0.25) is 14.9 Å². The molecule has 26 heavy (non-hydrogen) atoms. The van der Waals surface area contributed by atoms with Crippen molar-refractivity contribution in [2.45, 2.75) is 6.92 Å². The number of benzene rings is 2. The van der Waals surface area contributed by atoms with Crippen molar-refractivity contribution >= 4 is 34.9 Å². The quantitative estimate of drug-likeness (QED) is 0.469. The van der Waals surface area contributed by atoms with Crippen molar-refractivity contribution in [3.05, 3.63) is 62.7 Å². The second kappa shape index (κ2) is 8.30. The molecule has 0 radical (unpaired) electrons. The Kier molecular flexibility index (Phi) is 6.13. The van der Waals surface area contributed by atoms with Gasteiger partial charge in [-0.15, -0.1) is 0 Å². The summed E-state index contributed by atoms with van der Waals surface area (Å²) in [5, 5.41) is 13.1. The van der Waals surface area contributed by atoms with E-state index in [-0.39, 0.29) is 16.3 Å². The van der Waals surface area contributed by atoms with Crippen LogP contribution in [0.15, 0.2) is 36.4 Å². The second-order valence-corrected chi connectivity index (χ2v) is 5.66. The molecular formula is C17H15ClN2O6. The van der Waals surface area contributed by atoms with Gasteiger partial charge < -0.3 is 14.8 Å². The molecule has 8 nitrogen and oxygen atoms in total. The number of carbonyl (C=O) groups is 2. The van der Waals surface area contributed by atoms with Gasteiger partial charge in [0.25, 0.3) is 11.6 Å². The number of rotatable bonds is 6. The predicted octanol–water partition coefficient (Wildman–Crippen LogP) is 3.36. The highest BCUT2D eigenvalue weighted by Gasteiger charge is 2.17. The van der Waals surface area contributed by atoms with Crippen LogP contribution in [0.25, 0.3) is 0 Å². The lowest BCUT2D eigenvalue weighted by Gasteiger charge is -2.11. The van der Waals surface area contributed by atoms with Gasteiger partial charge >= 0.3 is 5.97 Å². The summed E-state index contributed by atoms with van der Waals surface area (Å²) in [6, 6.07) is 8.57. The maximum Gasteiger partial charge on any atom is 0.340 e. The molecule has 9 heteroatoms. The molecule has 2 aromatic rings. The Bertz CT molecular complexity index is 868. The number of carbonyl (C=O) groups excluding carboxylic acids is 2. The molecular weight excluding hydrogens is 364 g/mol. The van der Waals surface area contributed by atoms with Crippen molar-refractivity contribution < 1.29 is 24.0 Å². The van der Waals surface area contributed by atoms with Crippen LogP contribution >= 0.6 is 11.6 Å². The number of nitrogens with zero attached hydrogens (tertiary/aromatic N) is 1. The van der Waals surface area contributed by atoms with Crippen molar-refractivity contribution in [3.63, 3.8) is 0 Å². The van der Waals surface area contributed by atoms with Gasteiger partial charge in [-0.25, -0.2) is 4.79 Å². The van der Waals surface area contributed by atoms with Crippen molar-refractivity contribution in [2.24, 2.45) is 0 Å². The Hall–Kier alpha value is -3.13. The average molecular weight is 379 g/mol. The zero-order chi connectivity index (χ0) is 19.3. The maximum atomic E-state index is 12.0. The summed E-state index contributed by atoms with van der Waals surface area (Å²) in [6.07, 6.45) is 0. The Morgan fingerprint density at radius 1 is 1.23 bits per heavy atom. The van der Waals surface area contributed by atoms with Gasteiger partial charge in [-0.05, 0) is 30.7 Å². The minimum Gasteiger partial charge on any atom is -0.495 e. The van der Waals surface area contributed by atoms with E-state index in [1.807, 2.05) is 13.0 Å². The van der Waals surface area contributed by atoms with Crippen molar-refractivity contribution in [1.29, 1.82) is 0 Å². The molecule has 0 saturated heterocycles. The zero-order valence-corrected chi connectivity index (χ0v) is 14.7. The number of esters is 1. The lowest BCUT2D eigenvalue weighted by molar-refractivity contribution is -0.384. The number of methoxy groups -OCH3 is 1. The molecule has 0 heterocycles. The van der Waals surface area contributed by atoms with Crippen LogP contribution < -0.4 is 10.1 Å². The van der Waals surface area contributed by atoms with Gasteiger partial charge in [0.2, 0.25) is 0 Å². The predicted molar refractivity (Wildman–Crippen MR) is 94.7 cm³/mol. The topological polar surface area (TPSA) is 108 Å². The largest absolute Gasteiger partial charge is 0.495 e. The Morgan fingerprint density at radius 2 is 1.96 bits per heavy atom. The first-order chi connectivity index (χ1) is 12.3. The van der Waals surface area contributed by atoms with E-state index in [0.29, 0.717) is 11.4 Å². The molecule has 136 valence electrons. The average Bonchev–Trinajstić information content (AvgIpc) is 2.59. The first kappa shape index (κ1) is 19.2. The number of nitrogens with one attached hydrogen (secondary N) is 1. The van der Waals surface area contributed by atoms with Crippen LogP contribution in [0.1, 0.15) is 15.9 Å². The van der Waals surface area contributed by atoms with Crippen molar-refractivity contribution in [2.75, 3.05) is 19.0 Å². The van der Waals surface area contributed by atoms with E-state index in [1.54, 1.807) is 12.1 Å². The first-order valence-electron chi connectivity index (χ1n) is 7.37. The molecule has 0 saturated carbocycles. The summed E-state index contributed by atoms with van der Waals surface area (Å²) in [5.41, 5.74) is 1.03. The highest BCUT2D eigenvalue weighted by Crippen LogP contribution is 2.25. The Morgan fingerprint density at radius 3 is 2.58 bits per heavy atom. The van der Waals surface area contributed by atoms with Crippen LogP contribution in [0.5, 0.6) is 5.75 Å². The van der Waals surface area contributed by atoms with Crippen LogP contribution in [0.3, 0.4) is 0 Å². The number of non-ortho nitro benzene ring substituents is 1. The van der Waals surface area contributed by atoms with E-state index < -0.39 is 23.4 Å². The van der Waals surface area contributed by atoms with Gasteiger partial charge in [0.1, 0.15) is 5.75 Å². The van der Waals surface area contributed by atoms with Crippen LogP contribution in [-0.4, -0.2) is 30.5 Å². The third-order valence-electron chi connectivity index (χ3n) is 3.35. The molecule has 0 aromatic heterocycles. The fourth-order valence-electron chi connectivity index (χ4n) is 2.10. The molecule has 0 aliphatic heterocycles. The molecule has 1 amide bonds. The number of nitro benzene ring substituents is 1. The highest BCUT2D eigenvalue weighted by molar-refractivity contribution is 6.33. The molecule has 2 aromatic carbocycles. The summed E-state index contributed by atoms with van der Waals surface area (Å²) in [4.78, 5) is 34.0. The summed E-state index contributed by atoms with van der Waals surface area (Å²) >= 11 is 5.85. The van der Waals surface area contributed by atoms with E-state index in [0.717, 1.165) is 17.7 Å². The number of hydrogen-bond acceptors (Lipinski definition) is 6. The number of nitro groups is 1. The minimum absolute atomic E-state index is 0.0711. The summed E-state index contributed by atoms with van der Waals surface area (Å²) in [6.45, 7) is 1.30. The highest BCUT2D eigenvalue weighted by atomic mass is 35.5.